The number of anilines is 1. The third-order valence-electron chi connectivity index (χ3n) is 2.25. The first kappa shape index (κ1) is 14.1. The maximum atomic E-state index is 11.6. The number of nitrogens with one attached hydrogen (secondary N) is 2. The zero-order valence-corrected chi connectivity index (χ0v) is 10.8. The first-order valence-electron chi connectivity index (χ1n) is 5.47. The van der Waals surface area contributed by atoms with Gasteiger partial charge in [-0.1, -0.05) is 0 Å². The number of carbonyl (C=O) groups excluding carboxylic acids is 1. The largest absolute Gasteiger partial charge is 0.497 e. The molecule has 100 valence electrons. The molecule has 0 radical (unpaired) electrons. The molecule has 1 rings (SSSR count). The molecule has 0 aliphatic carbocycles. The lowest BCUT2D eigenvalue weighted by atomic mass is 10.2. The number of benzene rings is 1. The Morgan fingerprint density at radius 1 is 1.22 bits per heavy atom. The van der Waals surface area contributed by atoms with Crippen LogP contribution in [0.5, 0.6) is 11.5 Å². The van der Waals surface area contributed by atoms with E-state index in [0.29, 0.717) is 30.3 Å². The summed E-state index contributed by atoms with van der Waals surface area (Å²) in [5.41, 5.74) is 0.548. The van der Waals surface area contributed by atoms with Crippen molar-refractivity contribution in [1.29, 1.82) is 0 Å². The van der Waals surface area contributed by atoms with Gasteiger partial charge in [-0.05, 0) is 12.1 Å². The normalized spacial score (nSPS) is 9.72. The minimum atomic E-state index is -0.321. The van der Waals surface area contributed by atoms with E-state index >= 15 is 0 Å². The van der Waals surface area contributed by atoms with Crippen LogP contribution in [0.4, 0.5) is 10.5 Å². The summed E-state index contributed by atoms with van der Waals surface area (Å²) in [6, 6.07) is 4.85. The van der Waals surface area contributed by atoms with Gasteiger partial charge in [-0.25, -0.2) is 4.79 Å². The third kappa shape index (κ3) is 4.14. The molecule has 0 fully saturated rings. The molecule has 0 unspecified atom stereocenters. The van der Waals surface area contributed by atoms with Crippen LogP contribution in [0.15, 0.2) is 18.2 Å². The summed E-state index contributed by atoms with van der Waals surface area (Å²) in [4.78, 5) is 11.6. The highest BCUT2D eigenvalue weighted by atomic mass is 16.5. The van der Waals surface area contributed by atoms with Crippen molar-refractivity contribution < 1.29 is 19.0 Å². The fourth-order valence-corrected chi connectivity index (χ4v) is 1.34. The van der Waals surface area contributed by atoms with Gasteiger partial charge in [0.2, 0.25) is 0 Å². The first-order chi connectivity index (χ1) is 8.71. The average molecular weight is 254 g/mol. The quantitative estimate of drug-likeness (QED) is 0.754. The Morgan fingerprint density at radius 3 is 2.61 bits per heavy atom. The van der Waals surface area contributed by atoms with Crippen molar-refractivity contribution in [3.8, 4) is 11.5 Å². The van der Waals surface area contributed by atoms with Gasteiger partial charge in [-0.3, -0.25) is 0 Å². The SMILES string of the molecule is COCCNC(=O)Nc1cc(OC)ccc1OC. The minimum Gasteiger partial charge on any atom is -0.497 e. The van der Waals surface area contributed by atoms with E-state index in [1.165, 1.54) is 7.11 Å². The molecule has 1 aromatic carbocycles. The zero-order chi connectivity index (χ0) is 13.4. The summed E-state index contributed by atoms with van der Waals surface area (Å²) < 4.78 is 15.1. The predicted molar refractivity (Wildman–Crippen MR) is 68.4 cm³/mol. The second kappa shape index (κ2) is 7.39. The molecule has 6 nitrogen and oxygen atoms in total. The van der Waals surface area contributed by atoms with E-state index < -0.39 is 0 Å². The Labute approximate surface area is 106 Å². The van der Waals surface area contributed by atoms with Gasteiger partial charge in [-0.2, -0.15) is 0 Å². The highest BCUT2D eigenvalue weighted by Crippen LogP contribution is 2.28. The molecule has 0 saturated carbocycles. The summed E-state index contributed by atoms with van der Waals surface area (Å²) in [6.07, 6.45) is 0. The van der Waals surface area contributed by atoms with Crippen LogP contribution in [0, 0.1) is 0 Å². The van der Waals surface area contributed by atoms with Crippen molar-refractivity contribution in [2.45, 2.75) is 0 Å². The molecule has 0 aliphatic heterocycles. The standard InChI is InChI=1S/C12H18N2O4/c1-16-7-6-13-12(15)14-10-8-9(17-2)4-5-11(10)18-3/h4-5,8H,6-7H2,1-3H3,(H2,13,14,15). The van der Waals surface area contributed by atoms with E-state index in [2.05, 4.69) is 10.6 Å². The summed E-state index contributed by atoms with van der Waals surface area (Å²) in [5, 5.41) is 5.33. The van der Waals surface area contributed by atoms with E-state index in [1.54, 1.807) is 32.4 Å². The molecule has 0 aliphatic rings. The number of hydrogen-bond acceptors (Lipinski definition) is 4. The summed E-state index contributed by atoms with van der Waals surface area (Å²) in [7, 11) is 4.67. The fourth-order valence-electron chi connectivity index (χ4n) is 1.34. The molecule has 2 N–H and O–H groups in total. The summed E-state index contributed by atoms with van der Waals surface area (Å²) in [5.74, 6) is 1.21. The summed E-state index contributed by atoms with van der Waals surface area (Å²) in [6.45, 7) is 0.900. The molecule has 0 aromatic heterocycles. The van der Waals surface area contributed by atoms with Gasteiger partial charge in [0, 0.05) is 19.7 Å². The van der Waals surface area contributed by atoms with E-state index in [1.807, 2.05) is 0 Å². The van der Waals surface area contributed by atoms with Crippen LogP contribution in [0.25, 0.3) is 0 Å². The topological polar surface area (TPSA) is 68.8 Å². The predicted octanol–water partition coefficient (Wildman–Crippen LogP) is 1.47. The highest BCUT2D eigenvalue weighted by molar-refractivity contribution is 5.91. The molecule has 6 heteroatoms. The van der Waals surface area contributed by atoms with Gasteiger partial charge >= 0.3 is 6.03 Å². The molecule has 0 atom stereocenters. The smallest absolute Gasteiger partial charge is 0.319 e. The summed E-state index contributed by atoms with van der Waals surface area (Å²) >= 11 is 0. The first-order valence-corrected chi connectivity index (χ1v) is 5.47. The fraction of sp³-hybridized carbons (Fsp3) is 0.417. The van der Waals surface area contributed by atoms with E-state index in [4.69, 9.17) is 14.2 Å². The van der Waals surface area contributed by atoms with E-state index in [-0.39, 0.29) is 6.03 Å². The maximum absolute atomic E-state index is 11.6. The van der Waals surface area contributed by atoms with Crippen molar-refractivity contribution in [1.82, 2.24) is 5.32 Å². The lowest BCUT2D eigenvalue weighted by molar-refractivity contribution is 0.198. The molecule has 2 amide bonds. The van der Waals surface area contributed by atoms with Gasteiger partial charge in [0.05, 0.1) is 26.5 Å². The monoisotopic (exact) mass is 254 g/mol. The third-order valence-corrected chi connectivity index (χ3v) is 2.25. The minimum absolute atomic E-state index is 0.321. The Balaban J connectivity index is 2.66. The molecule has 0 heterocycles. The average Bonchev–Trinajstić information content (AvgIpc) is 2.39. The number of ether oxygens (including phenoxy) is 3. The van der Waals surface area contributed by atoms with E-state index in [0.717, 1.165) is 0 Å². The molecule has 18 heavy (non-hydrogen) atoms. The number of methoxy groups -OCH3 is 3. The highest BCUT2D eigenvalue weighted by Gasteiger charge is 2.08. The zero-order valence-electron chi connectivity index (χ0n) is 10.8. The molecule has 0 bridgehead atoms. The van der Waals surface area contributed by atoms with Gasteiger partial charge in [0.15, 0.2) is 0 Å². The lowest BCUT2D eigenvalue weighted by Crippen LogP contribution is -2.31. The number of amides is 2. The van der Waals surface area contributed by atoms with Gasteiger partial charge in [0.1, 0.15) is 11.5 Å². The van der Waals surface area contributed by atoms with Crippen molar-refractivity contribution >= 4 is 11.7 Å². The Kier molecular flexibility index (Phi) is 5.79. The second-order valence-corrected chi connectivity index (χ2v) is 3.44. The molecular formula is C12H18N2O4. The lowest BCUT2D eigenvalue weighted by Gasteiger charge is -2.12. The van der Waals surface area contributed by atoms with Crippen molar-refractivity contribution in [3.63, 3.8) is 0 Å². The van der Waals surface area contributed by atoms with Crippen molar-refractivity contribution in [3.05, 3.63) is 18.2 Å². The van der Waals surface area contributed by atoms with Gasteiger partial charge in [-0.15, -0.1) is 0 Å². The van der Waals surface area contributed by atoms with Crippen molar-refractivity contribution in [2.24, 2.45) is 0 Å². The maximum Gasteiger partial charge on any atom is 0.319 e. The number of hydrogen-bond donors (Lipinski definition) is 2. The van der Waals surface area contributed by atoms with Crippen molar-refractivity contribution in [2.75, 3.05) is 39.8 Å². The van der Waals surface area contributed by atoms with Gasteiger partial charge < -0.3 is 24.8 Å². The van der Waals surface area contributed by atoms with Crippen LogP contribution in [0.2, 0.25) is 0 Å². The van der Waals surface area contributed by atoms with Crippen LogP contribution in [0.1, 0.15) is 0 Å². The number of carbonyl (C=O) groups is 1. The van der Waals surface area contributed by atoms with Crippen LogP contribution in [-0.4, -0.2) is 40.5 Å². The Bertz CT molecular complexity index is 396. The second-order valence-electron chi connectivity index (χ2n) is 3.44. The van der Waals surface area contributed by atoms with Crippen LogP contribution < -0.4 is 20.1 Å². The van der Waals surface area contributed by atoms with Crippen LogP contribution in [0.3, 0.4) is 0 Å². The Morgan fingerprint density at radius 2 is 2.00 bits per heavy atom. The number of urea groups is 1. The molecular weight excluding hydrogens is 236 g/mol. The number of rotatable bonds is 6. The van der Waals surface area contributed by atoms with Crippen LogP contribution in [-0.2, 0) is 4.74 Å². The van der Waals surface area contributed by atoms with Crippen LogP contribution >= 0.6 is 0 Å². The molecule has 0 saturated heterocycles. The molecule has 1 aromatic rings. The molecule has 0 spiro atoms. The van der Waals surface area contributed by atoms with Gasteiger partial charge in [0.25, 0.3) is 0 Å². The van der Waals surface area contributed by atoms with E-state index in [9.17, 15) is 4.79 Å². The Hall–Kier alpha value is -1.95.